The maximum Gasteiger partial charge on any atom is 0.128 e. The second-order valence-corrected chi connectivity index (χ2v) is 5.27. The molecular weight excluding hydrogens is 226 g/mol. The highest BCUT2D eigenvalue weighted by Crippen LogP contribution is 2.26. The summed E-state index contributed by atoms with van der Waals surface area (Å²) in [6.07, 6.45) is 5.77. The van der Waals surface area contributed by atoms with Crippen LogP contribution in [0.2, 0.25) is 0 Å². The lowest BCUT2D eigenvalue weighted by Gasteiger charge is -2.36. The highest BCUT2D eigenvalue weighted by atomic mass is 16.3. The normalized spacial score (nSPS) is 25.8. The summed E-state index contributed by atoms with van der Waals surface area (Å²) in [6.45, 7) is 1.97. The molecule has 0 saturated heterocycles. The molecule has 0 aliphatic heterocycles. The van der Waals surface area contributed by atoms with Crippen LogP contribution in [0.15, 0.2) is 18.3 Å². The Hall–Kier alpha value is -1.13. The van der Waals surface area contributed by atoms with E-state index in [-0.39, 0.29) is 18.2 Å². The van der Waals surface area contributed by atoms with Crippen LogP contribution in [-0.4, -0.2) is 29.3 Å². The average molecular weight is 249 g/mol. The van der Waals surface area contributed by atoms with Crippen molar-refractivity contribution in [3.63, 3.8) is 0 Å². The maximum atomic E-state index is 10.1. The highest BCUT2D eigenvalue weighted by molar-refractivity contribution is 5.42. The van der Waals surface area contributed by atoms with Crippen LogP contribution in [0, 0.1) is 0 Å². The predicted octanol–water partition coefficient (Wildman–Crippen LogP) is 1.84. The molecule has 0 bridgehead atoms. The molecule has 1 aliphatic carbocycles. The topological polar surface area (TPSA) is 62.4 Å². The third kappa shape index (κ3) is 2.82. The predicted molar refractivity (Wildman–Crippen MR) is 73.5 cm³/mol. The lowest BCUT2D eigenvalue weighted by molar-refractivity contribution is 0.106. The number of nitrogens with zero attached hydrogens (tertiary/aromatic N) is 2. The first-order valence-corrected chi connectivity index (χ1v) is 6.72. The minimum atomic E-state index is -0.246. The van der Waals surface area contributed by atoms with Gasteiger partial charge in [-0.15, -0.1) is 0 Å². The van der Waals surface area contributed by atoms with Gasteiger partial charge < -0.3 is 15.7 Å². The van der Waals surface area contributed by atoms with Crippen LogP contribution in [-0.2, 0) is 0 Å². The van der Waals surface area contributed by atoms with Crippen molar-refractivity contribution >= 4 is 5.82 Å². The Balaban J connectivity index is 2.16. The van der Waals surface area contributed by atoms with Crippen LogP contribution in [0.3, 0.4) is 0 Å². The first-order chi connectivity index (χ1) is 8.59. The first-order valence-electron chi connectivity index (χ1n) is 6.72. The Morgan fingerprint density at radius 3 is 2.83 bits per heavy atom. The van der Waals surface area contributed by atoms with Gasteiger partial charge in [-0.3, -0.25) is 0 Å². The van der Waals surface area contributed by atoms with Crippen molar-refractivity contribution in [2.75, 3.05) is 11.9 Å². The molecule has 1 heterocycles. The fraction of sp³-hybridized carbons (Fsp3) is 0.643. The lowest BCUT2D eigenvalue weighted by atomic mass is 9.91. The van der Waals surface area contributed by atoms with Gasteiger partial charge in [0.1, 0.15) is 5.82 Å². The number of hydrogen-bond acceptors (Lipinski definition) is 4. The summed E-state index contributed by atoms with van der Waals surface area (Å²) < 4.78 is 0. The summed E-state index contributed by atoms with van der Waals surface area (Å²) in [5.74, 6) is 0.899. The number of nitrogens with two attached hydrogens (primary N) is 1. The van der Waals surface area contributed by atoms with Crippen molar-refractivity contribution in [2.45, 2.75) is 50.8 Å². The van der Waals surface area contributed by atoms with Gasteiger partial charge in [0.15, 0.2) is 0 Å². The average Bonchev–Trinajstić information content (AvgIpc) is 2.38. The molecule has 0 spiro atoms. The Bertz CT molecular complexity index is 394. The summed E-state index contributed by atoms with van der Waals surface area (Å²) in [5, 5.41) is 10.1. The van der Waals surface area contributed by atoms with Crippen molar-refractivity contribution in [3.8, 4) is 0 Å². The van der Waals surface area contributed by atoms with Gasteiger partial charge in [0.25, 0.3) is 0 Å². The number of rotatable bonds is 3. The standard InChI is InChI=1S/C14H23N3O/c1-10(15)11-7-8-16-14(9-11)17(2)12-5-3-4-6-13(12)18/h7-10,12-13,18H,3-6,15H2,1-2H3. The number of hydrogen-bond donors (Lipinski definition) is 2. The minimum Gasteiger partial charge on any atom is -0.391 e. The molecule has 1 aromatic heterocycles. The van der Waals surface area contributed by atoms with E-state index in [0.717, 1.165) is 30.6 Å². The molecule has 100 valence electrons. The quantitative estimate of drug-likeness (QED) is 0.858. The van der Waals surface area contributed by atoms with Gasteiger partial charge in [0.2, 0.25) is 0 Å². The molecule has 3 atom stereocenters. The van der Waals surface area contributed by atoms with E-state index >= 15 is 0 Å². The maximum absolute atomic E-state index is 10.1. The summed E-state index contributed by atoms with van der Waals surface area (Å²) in [6, 6.07) is 4.15. The Labute approximate surface area is 109 Å². The third-order valence-electron chi connectivity index (χ3n) is 3.85. The lowest BCUT2D eigenvalue weighted by Crippen LogP contribution is -2.43. The van der Waals surface area contributed by atoms with Gasteiger partial charge in [-0.1, -0.05) is 12.8 Å². The summed E-state index contributed by atoms with van der Waals surface area (Å²) in [4.78, 5) is 6.48. The van der Waals surface area contributed by atoms with Crippen molar-refractivity contribution in [3.05, 3.63) is 23.9 Å². The fourth-order valence-electron chi connectivity index (χ4n) is 2.62. The summed E-state index contributed by atoms with van der Waals surface area (Å²) >= 11 is 0. The van der Waals surface area contributed by atoms with Crippen LogP contribution < -0.4 is 10.6 Å². The number of aliphatic hydroxyl groups is 1. The van der Waals surface area contributed by atoms with E-state index in [9.17, 15) is 5.11 Å². The van der Waals surface area contributed by atoms with E-state index < -0.39 is 0 Å². The molecule has 4 nitrogen and oxygen atoms in total. The Kier molecular flexibility index (Phi) is 4.19. The van der Waals surface area contributed by atoms with E-state index in [1.54, 1.807) is 6.20 Å². The fourth-order valence-corrected chi connectivity index (χ4v) is 2.62. The number of likely N-dealkylation sites (N-methyl/N-ethyl adjacent to an activating group) is 1. The number of anilines is 1. The van der Waals surface area contributed by atoms with Gasteiger partial charge >= 0.3 is 0 Å². The van der Waals surface area contributed by atoms with Crippen LogP contribution in [0.4, 0.5) is 5.82 Å². The SMILES string of the molecule is CC(N)c1ccnc(N(C)C2CCCCC2O)c1. The van der Waals surface area contributed by atoms with E-state index in [2.05, 4.69) is 9.88 Å². The second kappa shape index (κ2) is 5.67. The van der Waals surface area contributed by atoms with E-state index in [0.29, 0.717) is 0 Å². The third-order valence-corrected chi connectivity index (χ3v) is 3.85. The smallest absolute Gasteiger partial charge is 0.128 e. The van der Waals surface area contributed by atoms with Gasteiger partial charge in [-0.25, -0.2) is 4.98 Å². The Morgan fingerprint density at radius 1 is 1.44 bits per heavy atom. The molecule has 1 saturated carbocycles. The van der Waals surface area contributed by atoms with Crippen molar-refractivity contribution in [1.29, 1.82) is 0 Å². The van der Waals surface area contributed by atoms with E-state index in [4.69, 9.17) is 5.73 Å². The van der Waals surface area contributed by atoms with Gasteiger partial charge in [-0.2, -0.15) is 0 Å². The molecule has 18 heavy (non-hydrogen) atoms. The van der Waals surface area contributed by atoms with Crippen molar-refractivity contribution in [2.24, 2.45) is 5.73 Å². The molecule has 3 N–H and O–H groups in total. The molecular formula is C14H23N3O. The molecule has 1 aromatic rings. The van der Waals surface area contributed by atoms with Crippen molar-refractivity contribution in [1.82, 2.24) is 4.98 Å². The summed E-state index contributed by atoms with van der Waals surface area (Å²) in [5.41, 5.74) is 6.97. The molecule has 4 heteroatoms. The summed E-state index contributed by atoms with van der Waals surface area (Å²) in [7, 11) is 2.01. The zero-order valence-electron chi connectivity index (χ0n) is 11.2. The number of pyridine rings is 1. The second-order valence-electron chi connectivity index (χ2n) is 5.27. The van der Waals surface area contributed by atoms with E-state index in [1.165, 1.54) is 6.42 Å². The zero-order valence-corrected chi connectivity index (χ0v) is 11.2. The van der Waals surface area contributed by atoms with Crippen LogP contribution >= 0.6 is 0 Å². The molecule has 0 amide bonds. The minimum absolute atomic E-state index is 0.0106. The largest absolute Gasteiger partial charge is 0.391 e. The Morgan fingerprint density at radius 2 is 2.17 bits per heavy atom. The zero-order chi connectivity index (χ0) is 13.1. The van der Waals surface area contributed by atoms with Gasteiger partial charge in [-0.05, 0) is 37.5 Å². The number of aliphatic hydroxyl groups excluding tert-OH is 1. The monoisotopic (exact) mass is 249 g/mol. The molecule has 0 radical (unpaired) electrons. The van der Waals surface area contributed by atoms with Crippen LogP contribution in [0.1, 0.15) is 44.2 Å². The first kappa shape index (κ1) is 13.3. The molecule has 3 unspecified atom stereocenters. The van der Waals surface area contributed by atoms with Crippen LogP contribution in [0.5, 0.6) is 0 Å². The van der Waals surface area contributed by atoms with E-state index in [1.807, 2.05) is 26.1 Å². The van der Waals surface area contributed by atoms with Crippen molar-refractivity contribution < 1.29 is 5.11 Å². The number of aromatic nitrogens is 1. The highest BCUT2D eigenvalue weighted by Gasteiger charge is 2.27. The molecule has 0 aromatic carbocycles. The van der Waals surface area contributed by atoms with Crippen LogP contribution in [0.25, 0.3) is 0 Å². The molecule has 1 fully saturated rings. The molecule has 2 rings (SSSR count). The molecule has 1 aliphatic rings. The van der Waals surface area contributed by atoms with Gasteiger partial charge in [0, 0.05) is 19.3 Å². The van der Waals surface area contributed by atoms with Gasteiger partial charge in [0.05, 0.1) is 12.1 Å².